The summed E-state index contributed by atoms with van der Waals surface area (Å²) < 4.78 is 16.7. The first-order valence-corrected chi connectivity index (χ1v) is 10.5. The first kappa shape index (κ1) is 23.4. The van der Waals surface area contributed by atoms with Crippen LogP contribution in [0.3, 0.4) is 0 Å². The van der Waals surface area contributed by atoms with Crippen LogP contribution in [0.2, 0.25) is 10.0 Å². The Balaban J connectivity index is 1.53. The molecule has 0 radical (unpaired) electrons. The third-order valence-electron chi connectivity index (χ3n) is 4.43. The van der Waals surface area contributed by atoms with Gasteiger partial charge in [-0.25, -0.2) is 5.43 Å². The van der Waals surface area contributed by atoms with E-state index in [4.69, 9.17) is 37.4 Å². The molecule has 0 aromatic heterocycles. The van der Waals surface area contributed by atoms with Crippen LogP contribution in [0.15, 0.2) is 65.8 Å². The molecule has 166 valence electrons. The van der Waals surface area contributed by atoms with E-state index in [1.807, 2.05) is 31.2 Å². The van der Waals surface area contributed by atoms with Crippen LogP contribution < -0.4 is 19.6 Å². The summed E-state index contributed by atoms with van der Waals surface area (Å²) in [7, 11) is 1.55. The number of hydrazone groups is 1. The lowest BCUT2D eigenvalue weighted by Crippen LogP contribution is -2.24. The second-order valence-corrected chi connectivity index (χ2v) is 7.60. The molecule has 3 aromatic carbocycles. The zero-order valence-corrected chi connectivity index (χ0v) is 19.1. The van der Waals surface area contributed by atoms with Gasteiger partial charge in [0.05, 0.1) is 13.3 Å². The van der Waals surface area contributed by atoms with Gasteiger partial charge in [0.15, 0.2) is 18.1 Å². The second-order valence-electron chi connectivity index (χ2n) is 6.78. The number of amides is 1. The van der Waals surface area contributed by atoms with E-state index in [2.05, 4.69) is 10.5 Å². The molecule has 3 rings (SSSR count). The molecule has 0 heterocycles. The van der Waals surface area contributed by atoms with Gasteiger partial charge in [0.1, 0.15) is 12.4 Å². The molecule has 6 nitrogen and oxygen atoms in total. The maximum absolute atomic E-state index is 12.0. The molecule has 0 atom stereocenters. The number of benzene rings is 3. The van der Waals surface area contributed by atoms with Crippen molar-refractivity contribution in [2.75, 3.05) is 13.7 Å². The van der Waals surface area contributed by atoms with Crippen LogP contribution in [0.4, 0.5) is 0 Å². The number of nitrogens with one attached hydrogen (secondary N) is 1. The number of nitrogens with zero attached hydrogens (tertiary/aromatic N) is 1. The lowest BCUT2D eigenvalue weighted by atomic mass is 10.2. The number of aryl methyl sites for hydroxylation is 1. The number of hydrogen-bond acceptors (Lipinski definition) is 5. The molecule has 0 bridgehead atoms. The smallest absolute Gasteiger partial charge is 0.277 e. The van der Waals surface area contributed by atoms with Crippen molar-refractivity contribution >= 4 is 35.3 Å². The quantitative estimate of drug-likeness (QED) is 0.333. The summed E-state index contributed by atoms with van der Waals surface area (Å²) in [5.74, 6) is 1.28. The Morgan fingerprint density at radius 1 is 1.00 bits per heavy atom. The van der Waals surface area contributed by atoms with Crippen LogP contribution in [0.1, 0.15) is 16.7 Å². The standard InChI is InChI=1S/C24H22Cl2N2O4/c1-16-11-19(8-9-20(16)25)31-15-24(29)28-27-13-17-7-10-22(23(12-17)30-2)32-14-18-5-3-4-6-21(18)26/h3-13H,14-15H2,1-2H3,(H,28,29)/b27-13+. The fourth-order valence-electron chi connectivity index (χ4n) is 2.72. The minimum Gasteiger partial charge on any atom is -0.493 e. The molecule has 0 saturated heterocycles. The molecule has 1 N–H and O–H groups in total. The van der Waals surface area contributed by atoms with E-state index in [1.54, 1.807) is 43.5 Å². The maximum Gasteiger partial charge on any atom is 0.277 e. The van der Waals surface area contributed by atoms with E-state index in [9.17, 15) is 4.79 Å². The van der Waals surface area contributed by atoms with Gasteiger partial charge in [-0.1, -0.05) is 41.4 Å². The molecule has 0 aliphatic carbocycles. The van der Waals surface area contributed by atoms with Crippen molar-refractivity contribution in [1.82, 2.24) is 5.43 Å². The Bertz CT molecular complexity index is 1120. The molecule has 8 heteroatoms. The van der Waals surface area contributed by atoms with Gasteiger partial charge in [0.25, 0.3) is 5.91 Å². The second kappa shape index (κ2) is 11.4. The third-order valence-corrected chi connectivity index (χ3v) is 5.22. The van der Waals surface area contributed by atoms with Crippen molar-refractivity contribution in [2.45, 2.75) is 13.5 Å². The molecule has 0 aliphatic heterocycles. The fourth-order valence-corrected chi connectivity index (χ4v) is 3.03. The van der Waals surface area contributed by atoms with E-state index < -0.39 is 0 Å². The summed E-state index contributed by atoms with van der Waals surface area (Å²) in [6.07, 6.45) is 1.50. The Morgan fingerprint density at radius 3 is 2.56 bits per heavy atom. The largest absolute Gasteiger partial charge is 0.493 e. The average molecular weight is 473 g/mol. The first-order chi connectivity index (χ1) is 15.5. The molecular formula is C24H22Cl2N2O4. The van der Waals surface area contributed by atoms with Gasteiger partial charge in [-0.3, -0.25) is 4.79 Å². The van der Waals surface area contributed by atoms with Crippen LogP contribution in [0.5, 0.6) is 17.2 Å². The third kappa shape index (κ3) is 6.64. The lowest BCUT2D eigenvalue weighted by Gasteiger charge is -2.12. The van der Waals surface area contributed by atoms with E-state index >= 15 is 0 Å². The molecule has 0 saturated carbocycles. The van der Waals surface area contributed by atoms with Crippen molar-refractivity contribution < 1.29 is 19.0 Å². The number of rotatable bonds is 9. The van der Waals surface area contributed by atoms with Gasteiger partial charge >= 0.3 is 0 Å². The summed E-state index contributed by atoms with van der Waals surface area (Å²) >= 11 is 12.1. The van der Waals surface area contributed by atoms with Crippen LogP contribution in [-0.2, 0) is 11.4 Å². The Morgan fingerprint density at radius 2 is 1.81 bits per heavy atom. The minimum atomic E-state index is -0.388. The van der Waals surface area contributed by atoms with Gasteiger partial charge < -0.3 is 14.2 Å². The summed E-state index contributed by atoms with van der Waals surface area (Å²) in [5, 5.41) is 5.24. The lowest BCUT2D eigenvalue weighted by molar-refractivity contribution is -0.123. The van der Waals surface area contributed by atoms with Gasteiger partial charge in [-0.15, -0.1) is 0 Å². The molecule has 0 aliphatic rings. The Kier molecular flexibility index (Phi) is 8.36. The SMILES string of the molecule is COc1cc(/C=N/NC(=O)COc2ccc(Cl)c(C)c2)ccc1OCc1ccccc1Cl. The predicted molar refractivity (Wildman–Crippen MR) is 126 cm³/mol. The number of carbonyl (C=O) groups is 1. The number of halogens is 2. The Labute approximate surface area is 196 Å². The van der Waals surface area contributed by atoms with Gasteiger partial charge in [0, 0.05) is 15.6 Å². The Hall–Kier alpha value is -3.22. The highest BCUT2D eigenvalue weighted by atomic mass is 35.5. The highest BCUT2D eigenvalue weighted by Crippen LogP contribution is 2.29. The molecule has 0 fully saturated rings. The minimum absolute atomic E-state index is 0.170. The van der Waals surface area contributed by atoms with Crippen LogP contribution in [-0.4, -0.2) is 25.8 Å². The topological polar surface area (TPSA) is 69.2 Å². The molecule has 3 aromatic rings. The highest BCUT2D eigenvalue weighted by molar-refractivity contribution is 6.31. The van der Waals surface area contributed by atoms with Gasteiger partial charge in [-0.2, -0.15) is 5.10 Å². The predicted octanol–water partition coefficient (Wildman–Crippen LogP) is 5.42. The normalized spacial score (nSPS) is 10.8. The van der Waals surface area contributed by atoms with Crippen molar-refractivity contribution in [3.05, 3.63) is 87.4 Å². The number of ether oxygens (including phenoxy) is 3. The number of methoxy groups -OCH3 is 1. The van der Waals surface area contributed by atoms with Crippen molar-refractivity contribution in [2.24, 2.45) is 5.10 Å². The van der Waals surface area contributed by atoms with Gasteiger partial charge in [-0.05, 0) is 60.5 Å². The monoisotopic (exact) mass is 472 g/mol. The van der Waals surface area contributed by atoms with Crippen molar-refractivity contribution in [1.29, 1.82) is 0 Å². The van der Waals surface area contributed by atoms with Crippen LogP contribution >= 0.6 is 23.2 Å². The zero-order valence-electron chi connectivity index (χ0n) is 17.6. The summed E-state index contributed by atoms with van der Waals surface area (Å²) in [6.45, 7) is 2.00. The summed E-state index contributed by atoms with van der Waals surface area (Å²) in [6, 6.07) is 18.0. The molecule has 0 unspecified atom stereocenters. The molecule has 32 heavy (non-hydrogen) atoms. The zero-order chi connectivity index (χ0) is 22.9. The van der Waals surface area contributed by atoms with E-state index in [0.29, 0.717) is 33.9 Å². The van der Waals surface area contributed by atoms with E-state index in [0.717, 1.165) is 16.7 Å². The summed E-state index contributed by atoms with van der Waals surface area (Å²) in [4.78, 5) is 12.0. The molecule has 1 amide bonds. The van der Waals surface area contributed by atoms with Crippen molar-refractivity contribution in [3.63, 3.8) is 0 Å². The maximum atomic E-state index is 12.0. The number of hydrogen-bond donors (Lipinski definition) is 1. The van der Waals surface area contributed by atoms with Gasteiger partial charge in [0.2, 0.25) is 0 Å². The van der Waals surface area contributed by atoms with E-state index in [-0.39, 0.29) is 12.5 Å². The molecule has 0 spiro atoms. The van der Waals surface area contributed by atoms with Crippen LogP contribution in [0.25, 0.3) is 0 Å². The number of carbonyl (C=O) groups excluding carboxylic acids is 1. The molecular weight excluding hydrogens is 451 g/mol. The highest BCUT2D eigenvalue weighted by Gasteiger charge is 2.08. The van der Waals surface area contributed by atoms with E-state index in [1.165, 1.54) is 6.21 Å². The van der Waals surface area contributed by atoms with Crippen LogP contribution in [0, 0.1) is 6.92 Å². The summed E-state index contributed by atoms with van der Waals surface area (Å²) in [5.41, 5.74) is 4.90. The average Bonchev–Trinajstić information content (AvgIpc) is 2.79. The first-order valence-electron chi connectivity index (χ1n) is 9.71. The van der Waals surface area contributed by atoms with Crippen molar-refractivity contribution in [3.8, 4) is 17.2 Å². The fraction of sp³-hybridized carbons (Fsp3) is 0.167.